The molecule has 1 saturated heterocycles. The third kappa shape index (κ3) is 5.36. The molecule has 1 aromatic carbocycles. The quantitative estimate of drug-likeness (QED) is 0.391. The van der Waals surface area contributed by atoms with E-state index in [1.807, 2.05) is 25.1 Å². The second kappa shape index (κ2) is 9.43. The molecule has 1 fully saturated rings. The average molecular weight is 360 g/mol. The van der Waals surface area contributed by atoms with Crippen LogP contribution in [0.1, 0.15) is 31.7 Å². The van der Waals surface area contributed by atoms with Crippen molar-refractivity contribution in [3.63, 3.8) is 0 Å². The molecule has 3 rings (SSSR count). The third-order valence-electron chi connectivity index (χ3n) is 4.46. The van der Waals surface area contributed by atoms with E-state index in [0.717, 1.165) is 55.4 Å². The molecule has 0 aromatic heterocycles. The Morgan fingerprint density at radius 3 is 3.12 bits per heavy atom. The molecule has 0 spiro atoms. The largest absolute Gasteiger partial charge is 0.492 e. The molecule has 0 bridgehead atoms. The molecule has 1 aromatic rings. The lowest BCUT2D eigenvalue weighted by Gasteiger charge is -2.18. The summed E-state index contributed by atoms with van der Waals surface area (Å²) in [5.74, 6) is 1.69. The van der Waals surface area contributed by atoms with Crippen LogP contribution in [0.25, 0.3) is 0 Å². The van der Waals surface area contributed by atoms with Crippen molar-refractivity contribution in [2.24, 2.45) is 4.99 Å². The van der Waals surface area contributed by atoms with Crippen molar-refractivity contribution in [2.45, 2.75) is 38.7 Å². The van der Waals surface area contributed by atoms with Crippen LogP contribution in [0.4, 0.5) is 5.69 Å². The summed E-state index contributed by atoms with van der Waals surface area (Å²) in [4.78, 5) is 16.0. The monoisotopic (exact) mass is 360 g/mol. The van der Waals surface area contributed by atoms with E-state index < -0.39 is 0 Å². The third-order valence-corrected chi connectivity index (χ3v) is 4.46. The van der Waals surface area contributed by atoms with Gasteiger partial charge in [-0.05, 0) is 49.9 Å². The number of guanidine groups is 1. The number of hydrogen-bond acceptors (Lipinski definition) is 4. The minimum Gasteiger partial charge on any atom is -0.492 e. The number of hydrogen-bond donors (Lipinski definition) is 3. The minimum atomic E-state index is 0.0774. The van der Waals surface area contributed by atoms with Crippen molar-refractivity contribution in [3.05, 3.63) is 23.8 Å². The number of anilines is 1. The standard InChI is InChI=1S/C19H28N4O3/c1-2-20-19(22-13-16-4-3-10-25-16)21-9-11-26-15-6-7-17-14(12-15)5-8-18(24)23-17/h6-7,12,16H,2-5,8-11,13H2,1H3,(H,23,24)(H2,20,21,22). The zero-order chi connectivity index (χ0) is 18.2. The number of fused-ring (bicyclic) bond motifs is 1. The highest BCUT2D eigenvalue weighted by atomic mass is 16.5. The van der Waals surface area contributed by atoms with E-state index in [1.54, 1.807) is 0 Å². The van der Waals surface area contributed by atoms with Gasteiger partial charge >= 0.3 is 0 Å². The first-order chi connectivity index (χ1) is 12.7. The Morgan fingerprint density at radius 1 is 1.38 bits per heavy atom. The number of nitrogens with one attached hydrogen (secondary N) is 3. The van der Waals surface area contributed by atoms with Gasteiger partial charge in [0.25, 0.3) is 0 Å². The highest BCUT2D eigenvalue weighted by Crippen LogP contribution is 2.26. The number of aryl methyl sites for hydroxylation is 1. The zero-order valence-corrected chi connectivity index (χ0v) is 15.3. The van der Waals surface area contributed by atoms with E-state index in [9.17, 15) is 4.79 Å². The fourth-order valence-electron chi connectivity index (χ4n) is 3.11. The molecule has 0 radical (unpaired) electrons. The highest BCUT2D eigenvalue weighted by molar-refractivity contribution is 5.94. The molecule has 2 aliphatic heterocycles. The Bertz CT molecular complexity index is 642. The van der Waals surface area contributed by atoms with Crippen molar-refractivity contribution in [1.82, 2.24) is 10.6 Å². The zero-order valence-electron chi connectivity index (χ0n) is 15.3. The van der Waals surface area contributed by atoms with Gasteiger partial charge in [-0.1, -0.05) is 0 Å². The second-order valence-electron chi connectivity index (χ2n) is 6.50. The van der Waals surface area contributed by atoms with Gasteiger partial charge in [0.05, 0.1) is 19.2 Å². The van der Waals surface area contributed by atoms with E-state index in [-0.39, 0.29) is 12.0 Å². The van der Waals surface area contributed by atoms with Crippen LogP contribution in [0.5, 0.6) is 5.75 Å². The lowest BCUT2D eigenvalue weighted by Crippen LogP contribution is -2.39. The molecule has 1 amide bonds. The maximum absolute atomic E-state index is 11.4. The Hall–Kier alpha value is -2.28. The molecule has 7 nitrogen and oxygen atoms in total. The van der Waals surface area contributed by atoms with Crippen molar-refractivity contribution in [1.29, 1.82) is 0 Å². The van der Waals surface area contributed by atoms with Crippen LogP contribution < -0.4 is 20.7 Å². The number of nitrogens with zero attached hydrogens (tertiary/aromatic N) is 1. The van der Waals surface area contributed by atoms with Gasteiger partial charge < -0.3 is 25.4 Å². The Morgan fingerprint density at radius 2 is 2.31 bits per heavy atom. The number of ether oxygens (including phenoxy) is 2. The molecular weight excluding hydrogens is 332 g/mol. The van der Waals surface area contributed by atoms with E-state index >= 15 is 0 Å². The summed E-state index contributed by atoms with van der Waals surface area (Å²) < 4.78 is 11.4. The van der Waals surface area contributed by atoms with Crippen LogP contribution in [0.2, 0.25) is 0 Å². The molecular formula is C19H28N4O3. The molecule has 2 aliphatic rings. The topological polar surface area (TPSA) is 84.0 Å². The maximum atomic E-state index is 11.4. The summed E-state index contributed by atoms with van der Waals surface area (Å²) >= 11 is 0. The van der Waals surface area contributed by atoms with E-state index in [1.165, 1.54) is 0 Å². The van der Waals surface area contributed by atoms with Crippen molar-refractivity contribution in [2.75, 3.05) is 38.2 Å². The van der Waals surface area contributed by atoms with E-state index in [2.05, 4.69) is 20.9 Å². The van der Waals surface area contributed by atoms with Gasteiger partial charge in [-0.15, -0.1) is 0 Å². The number of aliphatic imine (C=N–C) groups is 1. The van der Waals surface area contributed by atoms with Gasteiger partial charge in [-0.25, -0.2) is 0 Å². The van der Waals surface area contributed by atoms with E-state index in [0.29, 0.717) is 26.1 Å². The molecule has 26 heavy (non-hydrogen) atoms. The summed E-state index contributed by atoms with van der Waals surface area (Å²) in [5.41, 5.74) is 2.02. The summed E-state index contributed by atoms with van der Waals surface area (Å²) in [5, 5.41) is 9.40. The lowest BCUT2D eigenvalue weighted by molar-refractivity contribution is -0.116. The fraction of sp³-hybridized carbons (Fsp3) is 0.579. The summed E-state index contributed by atoms with van der Waals surface area (Å²) in [7, 11) is 0. The van der Waals surface area contributed by atoms with Gasteiger partial charge in [0, 0.05) is 25.3 Å². The van der Waals surface area contributed by atoms with Crippen molar-refractivity contribution in [3.8, 4) is 5.75 Å². The van der Waals surface area contributed by atoms with Crippen molar-refractivity contribution >= 4 is 17.6 Å². The number of benzene rings is 1. The Labute approximate surface area is 154 Å². The molecule has 142 valence electrons. The van der Waals surface area contributed by atoms with Crippen LogP contribution in [0.15, 0.2) is 23.2 Å². The fourth-order valence-corrected chi connectivity index (χ4v) is 3.11. The summed E-state index contributed by atoms with van der Waals surface area (Å²) in [6, 6.07) is 5.80. The maximum Gasteiger partial charge on any atom is 0.224 e. The highest BCUT2D eigenvalue weighted by Gasteiger charge is 2.16. The molecule has 7 heteroatoms. The molecule has 2 heterocycles. The minimum absolute atomic E-state index is 0.0774. The van der Waals surface area contributed by atoms with Crippen LogP contribution >= 0.6 is 0 Å². The van der Waals surface area contributed by atoms with Crippen LogP contribution in [-0.4, -0.2) is 50.8 Å². The van der Waals surface area contributed by atoms with Crippen LogP contribution in [0, 0.1) is 0 Å². The van der Waals surface area contributed by atoms with Crippen LogP contribution in [0.3, 0.4) is 0 Å². The van der Waals surface area contributed by atoms with Crippen molar-refractivity contribution < 1.29 is 14.3 Å². The molecule has 0 saturated carbocycles. The van der Waals surface area contributed by atoms with Gasteiger partial charge in [0.15, 0.2) is 5.96 Å². The Balaban J connectivity index is 1.43. The predicted octanol–water partition coefficient (Wildman–Crippen LogP) is 1.68. The molecule has 3 N–H and O–H groups in total. The summed E-state index contributed by atoms with van der Waals surface area (Å²) in [6.07, 6.45) is 3.76. The molecule has 1 atom stereocenters. The Kier molecular flexibility index (Phi) is 6.71. The second-order valence-corrected chi connectivity index (χ2v) is 6.50. The number of amides is 1. The van der Waals surface area contributed by atoms with E-state index in [4.69, 9.17) is 9.47 Å². The number of carbonyl (C=O) groups is 1. The van der Waals surface area contributed by atoms with Gasteiger partial charge in [-0.3, -0.25) is 9.79 Å². The smallest absolute Gasteiger partial charge is 0.224 e. The first-order valence-electron chi connectivity index (χ1n) is 9.44. The van der Waals surface area contributed by atoms with Crippen LogP contribution in [-0.2, 0) is 16.0 Å². The first kappa shape index (κ1) is 18.5. The van der Waals surface area contributed by atoms with Gasteiger partial charge in [0.1, 0.15) is 12.4 Å². The van der Waals surface area contributed by atoms with Gasteiger partial charge in [0.2, 0.25) is 5.91 Å². The number of rotatable bonds is 7. The normalized spacial score (nSPS) is 19.7. The van der Waals surface area contributed by atoms with Gasteiger partial charge in [-0.2, -0.15) is 0 Å². The lowest BCUT2D eigenvalue weighted by atomic mass is 10.0. The predicted molar refractivity (Wildman–Crippen MR) is 102 cm³/mol. The summed E-state index contributed by atoms with van der Waals surface area (Å²) in [6.45, 7) is 5.59. The molecule has 0 aliphatic carbocycles. The molecule has 1 unspecified atom stereocenters. The first-order valence-corrected chi connectivity index (χ1v) is 9.44. The average Bonchev–Trinajstić information content (AvgIpc) is 3.16. The number of carbonyl (C=O) groups excluding carboxylic acids is 1. The SMILES string of the molecule is CCNC(=NCC1CCCO1)NCCOc1ccc2c(c1)CCC(=O)N2.